The van der Waals surface area contributed by atoms with Gasteiger partial charge in [-0.25, -0.2) is 0 Å². The standard InChI is InChI=1S/C16H12N2OS/c17-11-20-15-9-18-13-7-4-8-14(16(13)15)19-10-12-5-2-1-3-6-12/h1-9,18H,10H2. The third-order valence-electron chi connectivity index (χ3n) is 3.02. The Balaban J connectivity index is 1.91. The van der Waals surface area contributed by atoms with Crippen LogP contribution in [0.5, 0.6) is 5.75 Å². The van der Waals surface area contributed by atoms with E-state index in [2.05, 4.69) is 10.4 Å². The summed E-state index contributed by atoms with van der Waals surface area (Å²) >= 11 is 1.14. The number of benzene rings is 2. The third kappa shape index (κ3) is 2.49. The number of fused-ring (bicyclic) bond motifs is 1. The van der Waals surface area contributed by atoms with Gasteiger partial charge in [0.25, 0.3) is 0 Å². The zero-order valence-electron chi connectivity index (χ0n) is 10.7. The highest BCUT2D eigenvalue weighted by Crippen LogP contribution is 2.34. The summed E-state index contributed by atoms with van der Waals surface area (Å²) in [4.78, 5) is 4.05. The van der Waals surface area contributed by atoms with Crippen LogP contribution in [0.3, 0.4) is 0 Å². The Bertz CT molecular complexity index is 759. The number of hydrogen-bond donors (Lipinski definition) is 1. The molecular weight excluding hydrogens is 268 g/mol. The molecular formula is C16H12N2OS. The number of aromatic amines is 1. The average Bonchev–Trinajstić information content (AvgIpc) is 2.91. The van der Waals surface area contributed by atoms with Gasteiger partial charge in [-0.15, -0.1) is 0 Å². The van der Waals surface area contributed by atoms with Crippen LogP contribution in [0.2, 0.25) is 0 Å². The molecule has 0 bridgehead atoms. The van der Waals surface area contributed by atoms with E-state index in [0.717, 1.165) is 38.9 Å². The summed E-state index contributed by atoms with van der Waals surface area (Å²) in [5, 5.41) is 11.9. The molecule has 1 aromatic heterocycles. The van der Waals surface area contributed by atoms with Crippen LogP contribution in [0, 0.1) is 10.7 Å². The first-order chi connectivity index (χ1) is 9.88. The topological polar surface area (TPSA) is 48.8 Å². The molecule has 1 N–H and O–H groups in total. The lowest BCUT2D eigenvalue weighted by molar-refractivity contribution is 0.310. The molecule has 0 radical (unpaired) electrons. The van der Waals surface area contributed by atoms with E-state index in [0.29, 0.717) is 6.61 Å². The maximum Gasteiger partial charge on any atom is 0.138 e. The first-order valence-electron chi connectivity index (χ1n) is 6.21. The Labute approximate surface area is 121 Å². The molecule has 0 aliphatic heterocycles. The molecule has 98 valence electrons. The Kier molecular flexibility index (Phi) is 3.62. The van der Waals surface area contributed by atoms with E-state index < -0.39 is 0 Å². The molecule has 0 fully saturated rings. The molecule has 0 aliphatic rings. The third-order valence-corrected chi connectivity index (χ3v) is 3.66. The van der Waals surface area contributed by atoms with Gasteiger partial charge in [-0.2, -0.15) is 5.26 Å². The van der Waals surface area contributed by atoms with Crippen molar-refractivity contribution in [3.8, 4) is 11.2 Å². The van der Waals surface area contributed by atoms with Gasteiger partial charge in [0.15, 0.2) is 0 Å². The molecule has 0 atom stereocenters. The number of H-pyrrole nitrogens is 1. The predicted octanol–water partition coefficient (Wildman–Crippen LogP) is 4.32. The molecule has 20 heavy (non-hydrogen) atoms. The fraction of sp³-hybridized carbons (Fsp3) is 0.0625. The average molecular weight is 280 g/mol. The molecule has 0 spiro atoms. The monoisotopic (exact) mass is 280 g/mol. The summed E-state index contributed by atoms with van der Waals surface area (Å²) in [6.45, 7) is 0.516. The fourth-order valence-corrected chi connectivity index (χ4v) is 2.64. The largest absolute Gasteiger partial charge is 0.488 e. The summed E-state index contributed by atoms with van der Waals surface area (Å²) in [7, 11) is 0. The number of ether oxygens (including phenoxy) is 1. The van der Waals surface area contributed by atoms with E-state index in [4.69, 9.17) is 10.00 Å². The van der Waals surface area contributed by atoms with E-state index in [1.807, 2.05) is 54.7 Å². The van der Waals surface area contributed by atoms with Crippen LogP contribution in [0.1, 0.15) is 5.56 Å². The summed E-state index contributed by atoms with van der Waals surface area (Å²) < 4.78 is 5.91. The maximum atomic E-state index is 8.85. The van der Waals surface area contributed by atoms with E-state index >= 15 is 0 Å². The molecule has 0 aliphatic carbocycles. The van der Waals surface area contributed by atoms with Gasteiger partial charge in [-0.1, -0.05) is 36.4 Å². The SMILES string of the molecule is N#CSc1c[nH]c2cccc(OCc3ccccc3)c12. The number of rotatable bonds is 4. The molecule has 0 unspecified atom stereocenters. The maximum absolute atomic E-state index is 8.85. The van der Waals surface area contributed by atoms with Crippen LogP contribution in [0.25, 0.3) is 10.9 Å². The Morgan fingerprint density at radius 3 is 2.75 bits per heavy atom. The number of hydrogen-bond acceptors (Lipinski definition) is 3. The van der Waals surface area contributed by atoms with E-state index in [-0.39, 0.29) is 0 Å². The number of nitrogens with one attached hydrogen (secondary N) is 1. The smallest absolute Gasteiger partial charge is 0.138 e. The van der Waals surface area contributed by atoms with Crippen LogP contribution in [0.15, 0.2) is 59.6 Å². The van der Waals surface area contributed by atoms with Crippen molar-refractivity contribution in [2.45, 2.75) is 11.5 Å². The lowest BCUT2D eigenvalue weighted by Gasteiger charge is -2.08. The first kappa shape index (κ1) is 12.6. The van der Waals surface area contributed by atoms with E-state index in [1.54, 1.807) is 0 Å². The van der Waals surface area contributed by atoms with Crippen LogP contribution in [-0.2, 0) is 6.61 Å². The van der Waals surface area contributed by atoms with Gasteiger partial charge in [-0.05, 0) is 29.5 Å². The Morgan fingerprint density at radius 2 is 1.95 bits per heavy atom. The highest BCUT2D eigenvalue weighted by Gasteiger charge is 2.10. The highest BCUT2D eigenvalue weighted by atomic mass is 32.2. The van der Waals surface area contributed by atoms with Gasteiger partial charge >= 0.3 is 0 Å². The summed E-state index contributed by atoms with van der Waals surface area (Å²) in [6.07, 6.45) is 1.84. The molecule has 4 heteroatoms. The Hall–Kier alpha value is -2.38. The zero-order chi connectivity index (χ0) is 13.8. The molecule has 0 saturated carbocycles. The number of aromatic nitrogens is 1. The highest BCUT2D eigenvalue weighted by molar-refractivity contribution is 8.04. The van der Waals surface area contributed by atoms with Crippen LogP contribution >= 0.6 is 11.8 Å². The van der Waals surface area contributed by atoms with Crippen LogP contribution < -0.4 is 4.74 Å². The minimum absolute atomic E-state index is 0.516. The second kappa shape index (κ2) is 5.72. The lowest BCUT2D eigenvalue weighted by Crippen LogP contribution is -1.95. The molecule has 3 rings (SSSR count). The number of thioether (sulfide) groups is 1. The van der Waals surface area contributed by atoms with Gasteiger partial charge in [0.05, 0.1) is 15.8 Å². The first-order valence-corrected chi connectivity index (χ1v) is 7.03. The van der Waals surface area contributed by atoms with Crippen LogP contribution in [0.4, 0.5) is 0 Å². The van der Waals surface area contributed by atoms with Gasteiger partial charge in [0.2, 0.25) is 0 Å². The molecule has 1 heterocycles. The summed E-state index contributed by atoms with van der Waals surface area (Å²) in [6, 6.07) is 15.9. The molecule has 0 amide bonds. The number of nitriles is 1. The van der Waals surface area contributed by atoms with Crippen molar-refractivity contribution in [3.05, 3.63) is 60.3 Å². The van der Waals surface area contributed by atoms with Crippen molar-refractivity contribution in [3.63, 3.8) is 0 Å². The predicted molar refractivity (Wildman–Crippen MR) is 80.5 cm³/mol. The van der Waals surface area contributed by atoms with Crippen LogP contribution in [-0.4, -0.2) is 4.98 Å². The minimum atomic E-state index is 0.516. The van der Waals surface area contributed by atoms with Crippen molar-refractivity contribution >= 4 is 22.7 Å². The molecule has 3 aromatic rings. The Morgan fingerprint density at radius 1 is 1.10 bits per heavy atom. The van der Waals surface area contributed by atoms with Gasteiger partial charge in [-0.3, -0.25) is 0 Å². The normalized spacial score (nSPS) is 10.3. The second-order valence-electron chi connectivity index (χ2n) is 4.30. The van der Waals surface area contributed by atoms with Crippen molar-refractivity contribution < 1.29 is 4.74 Å². The van der Waals surface area contributed by atoms with Crippen molar-refractivity contribution in [1.29, 1.82) is 5.26 Å². The van der Waals surface area contributed by atoms with E-state index in [1.165, 1.54) is 0 Å². The van der Waals surface area contributed by atoms with Crippen molar-refractivity contribution in [2.75, 3.05) is 0 Å². The molecule has 0 saturated heterocycles. The lowest BCUT2D eigenvalue weighted by atomic mass is 10.2. The van der Waals surface area contributed by atoms with E-state index in [9.17, 15) is 0 Å². The molecule has 3 nitrogen and oxygen atoms in total. The fourth-order valence-electron chi connectivity index (χ4n) is 2.11. The zero-order valence-corrected chi connectivity index (χ0v) is 11.5. The minimum Gasteiger partial charge on any atom is -0.488 e. The number of thiocyanates is 1. The van der Waals surface area contributed by atoms with Gasteiger partial charge in [0.1, 0.15) is 17.8 Å². The van der Waals surface area contributed by atoms with Gasteiger partial charge < -0.3 is 9.72 Å². The van der Waals surface area contributed by atoms with Crippen molar-refractivity contribution in [1.82, 2.24) is 4.98 Å². The second-order valence-corrected chi connectivity index (χ2v) is 5.13. The van der Waals surface area contributed by atoms with Gasteiger partial charge in [0, 0.05) is 6.20 Å². The number of nitrogens with zero attached hydrogens (tertiary/aromatic N) is 1. The summed E-state index contributed by atoms with van der Waals surface area (Å²) in [5.74, 6) is 0.797. The quantitative estimate of drug-likeness (QED) is 0.572. The molecule has 2 aromatic carbocycles. The summed E-state index contributed by atoms with van der Waals surface area (Å²) in [5.41, 5.74) is 2.10. The van der Waals surface area contributed by atoms with Crippen molar-refractivity contribution in [2.24, 2.45) is 0 Å².